The number of nitrogens with two attached hydrogens (primary N) is 1. The maximum Gasteiger partial charge on any atom is 0.330 e. The quantitative estimate of drug-likeness (QED) is 0.771. The number of nitrogen functional groups attached to an aromatic ring is 1. The van der Waals surface area contributed by atoms with Gasteiger partial charge in [0, 0.05) is 19.7 Å². The van der Waals surface area contributed by atoms with Crippen molar-refractivity contribution in [1.29, 1.82) is 0 Å². The van der Waals surface area contributed by atoms with E-state index in [9.17, 15) is 14.4 Å². The second-order valence-corrected chi connectivity index (χ2v) is 5.24. The average molecular weight is 332 g/mol. The maximum atomic E-state index is 12.3. The van der Waals surface area contributed by atoms with Gasteiger partial charge in [0.05, 0.1) is 6.26 Å². The highest BCUT2D eigenvalue weighted by Crippen LogP contribution is 2.16. The fraction of sp³-hybridized carbons (Fsp3) is 0.312. The van der Waals surface area contributed by atoms with Crippen LogP contribution in [0.3, 0.4) is 0 Å². The molecule has 0 fully saturated rings. The van der Waals surface area contributed by atoms with Crippen LogP contribution in [-0.2, 0) is 11.3 Å². The van der Waals surface area contributed by atoms with E-state index < -0.39 is 17.2 Å². The molecule has 0 aromatic carbocycles. The Morgan fingerprint density at radius 1 is 1.46 bits per heavy atom. The molecule has 2 aromatic heterocycles. The number of amides is 1. The van der Waals surface area contributed by atoms with E-state index in [4.69, 9.17) is 10.2 Å². The molecule has 3 N–H and O–H groups in total. The van der Waals surface area contributed by atoms with Gasteiger partial charge in [0.1, 0.15) is 11.6 Å². The molecule has 8 heteroatoms. The van der Waals surface area contributed by atoms with Crippen molar-refractivity contribution in [3.63, 3.8) is 0 Å². The number of carbonyl (C=O) groups is 1. The highest BCUT2D eigenvalue weighted by atomic mass is 16.3. The Kier molecular flexibility index (Phi) is 5.41. The minimum absolute atomic E-state index is 0.0283. The number of nitrogens with zero attached hydrogens (tertiary/aromatic N) is 2. The molecule has 0 spiro atoms. The summed E-state index contributed by atoms with van der Waals surface area (Å²) in [7, 11) is 1.42. The third-order valence-corrected chi connectivity index (χ3v) is 3.55. The van der Waals surface area contributed by atoms with Gasteiger partial charge in [-0.15, -0.1) is 0 Å². The van der Waals surface area contributed by atoms with Gasteiger partial charge in [0.25, 0.3) is 11.5 Å². The smallest absolute Gasteiger partial charge is 0.330 e. The molecule has 0 bridgehead atoms. The van der Waals surface area contributed by atoms with Crippen molar-refractivity contribution in [3.05, 3.63) is 51.1 Å². The van der Waals surface area contributed by atoms with Crippen LogP contribution in [0.1, 0.15) is 25.5 Å². The lowest BCUT2D eigenvalue weighted by Gasteiger charge is -2.19. The summed E-state index contributed by atoms with van der Waals surface area (Å²) in [6.07, 6.45) is 5.82. The lowest BCUT2D eigenvalue weighted by molar-refractivity contribution is -0.113. The molecular formula is C16H20N4O4. The second kappa shape index (κ2) is 7.49. The Balaban J connectivity index is 2.34. The molecule has 0 aliphatic rings. The summed E-state index contributed by atoms with van der Waals surface area (Å²) in [6.45, 7) is 2.35. The van der Waals surface area contributed by atoms with Crippen molar-refractivity contribution in [2.45, 2.75) is 26.3 Å². The monoisotopic (exact) mass is 332 g/mol. The fourth-order valence-corrected chi connectivity index (χ4v) is 2.20. The van der Waals surface area contributed by atoms with Gasteiger partial charge in [-0.1, -0.05) is 13.3 Å². The molecule has 2 rings (SSSR count). The Bertz CT molecular complexity index is 846. The number of unbranched alkanes of at least 4 members (excludes halogenated alkanes) is 1. The van der Waals surface area contributed by atoms with Gasteiger partial charge in [0.15, 0.2) is 5.69 Å². The van der Waals surface area contributed by atoms with E-state index in [2.05, 4.69) is 4.98 Å². The normalized spacial score (nSPS) is 11.1. The molecule has 1 amide bonds. The molecule has 0 aliphatic heterocycles. The predicted molar refractivity (Wildman–Crippen MR) is 91.8 cm³/mol. The third kappa shape index (κ3) is 3.65. The number of aromatic nitrogens is 2. The van der Waals surface area contributed by atoms with Gasteiger partial charge in [-0.05, 0) is 24.6 Å². The molecule has 0 radical (unpaired) electrons. The van der Waals surface area contributed by atoms with Crippen LogP contribution in [0.5, 0.6) is 0 Å². The highest BCUT2D eigenvalue weighted by molar-refractivity contribution is 6.04. The zero-order chi connectivity index (χ0) is 17.7. The number of aromatic amines is 1. The molecule has 128 valence electrons. The zero-order valence-electron chi connectivity index (χ0n) is 13.6. The minimum Gasteiger partial charge on any atom is -0.465 e. The molecule has 0 unspecified atom stereocenters. The summed E-state index contributed by atoms with van der Waals surface area (Å²) in [6, 6.07) is 3.38. The van der Waals surface area contributed by atoms with Gasteiger partial charge in [-0.2, -0.15) is 0 Å². The van der Waals surface area contributed by atoms with Crippen molar-refractivity contribution in [2.24, 2.45) is 0 Å². The molecule has 2 heterocycles. The number of hydrogen-bond acceptors (Lipinski definition) is 5. The van der Waals surface area contributed by atoms with E-state index in [0.717, 1.165) is 17.7 Å². The zero-order valence-corrected chi connectivity index (χ0v) is 13.6. The van der Waals surface area contributed by atoms with Gasteiger partial charge < -0.3 is 15.1 Å². The first kappa shape index (κ1) is 17.3. The topological polar surface area (TPSA) is 114 Å². The summed E-state index contributed by atoms with van der Waals surface area (Å²) in [5, 5.41) is 0. The maximum absolute atomic E-state index is 12.3. The number of furan rings is 1. The van der Waals surface area contributed by atoms with E-state index in [1.54, 1.807) is 12.1 Å². The lowest BCUT2D eigenvalue weighted by Crippen LogP contribution is -2.38. The van der Waals surface area contributed by atoms with E-state index in [0.29, 0.717) is 12.3 Å². The Morgan fingerprint density at radius 2 is 2.21 bits per heavy atom. The Hall–Kier alpha value is -3.03. The largest absolute Gasteiger partial charge is 0.465 e. The van der Waals surface area contributed by atoms with Gasteiger partial charge in [0.2, 0.25) is 0 Å². The summed E-state index contributed by atoms with van der Waals surface area (Å²) in [5.74, 6) is 0.00952. The third-order valence-electron chi connectivity index (χ3n) is 3.55. The van der Waals surface area contributed by atoms with E-state index in [1.165, 1.54) is 30.0 Å². The molecule has 0 saturated carbocycles. The van der Waals surface area contributed by atoms with Crippen LogP contribution in [0.4, 0.5) is 11.5 Å². The first-order chi connectivity index (χ1) is 11.5. The SMILES string of the molecule is CCCCn1c(N)c(N(C)C(=O)/C=C/c2ccco2)c(=O)[nH]c1=O. The highest BCUT2D eigenvalue weighted by Gasteiger charge is 2.19. The number of hydrogen-bond donors (Lipinski definition) is 2. The number of likely N-dealkylation sites (N-methyl/N-ethyl adjacent to an activating group) is 1. The van der Waals surface area contributed by atoms with E-state index in [-0.39, 0.29) is 11.5 Å². The molecule has 8 nitrogen and oxygen atoms in total. The molecular weight excluding hydrogens is 312 g/mol. The molecule has 0 saturated heterocycles. The van der Waals surface area contributed by atoms with Crippen molar-refractivity contribution < 1.29 is 9.21 Å². The number of anilines is 2. The Morgan fingerprint density at radius 3 is 2.83 bits per heavy atom. The van der Waals surface area contributed by atoms with Gasteiger partial charge in [-0.3, -0.25) is 19.1 Å². The van der Waals surface area contributed by atoms with E-state index in [1.807, 2.05) is 6.92 Å². The number of H-pyrrole nitrogens is 1. The van der Waals surface area contributed by atoms with Gasteiger partial charge in [-0.25, -0.2) is 4.79 Å². The van der Waals surface area contributed by atoms with Crippen LogP contribution in [0.25, 0.3) is 6.08 Å². The van der Waals surface area contributed by atoms with Crippen LogP contribution < -0.4 is 21.9 Å². The number of nitrogens with one attached hydrogen (secondary N) is 1. The molecule has 0 atom stereocenters. The predicted octanol–water partition coefficient (Wildman–Crippen LogP) is 1.19. The number of carbonyl (C=O) groups excluding carboxylic acids is 1. The van der Waals surface area contributed by atoms with Crippen molar-refractivity contribution in [2.75, 3.05) is 17.7 Å². The van der Waals surface area contributed by atoms with Crippen LogP contribution in [0.2, 0.25) is 0 Å². The van der Waals surface area contributed by atoms with Crippen LogP contribution in [-0.4, -0.2) is 22.5 Å². The molecule has 0 aliphatic carbocycles. The number of rotatable bonds is 6. The molecule has 24 heavy (non-hydrogen) atoms. The average Bonchev–Trinajstić information content (AvgIpc) is 3.05. The van der Waals surface area contributed by atoms with Crippen LogP contribution >= 0.6 is 0 Å². The van der Waals surface area contributed by atoms with E-state index >= 15 is 0 Å². The van der Waals surface area contributed by atoms with Crippen LogP contribution in [0, 0.1) is 0 Å². The van der Waals surface area contributed by atoms with Crippen LogP contribution in [0.15, 0.2) is 38.5 Å². The standard InChI is InChI=1S/C16H20N4O4/c1-3-4-9-20-14(17)13(15(22)18-16(20)23)19(2)12(21)8-7-11-6-5-10-24-11/h5-8,10H,3-4,9,17H2,1-2H3,(H,18,22,23)/b8-7+. The summed E-state index contributed by atoms with van der Waals surface area (Å²) < 4.78 is 6.36. The van der Waals surface area contributed by atoms with Crippen molar-refractivity contribution >= 4 is 23.5 Å². The lowest BCUT2D eigenvalue weighted by atomic mass is 10.3. The van der Waals surface area contributed by atoms with Crippen molar-refractivity contribution in [3.8, 4) is 0 Å². The van der Waals surface area contributed by atoms with Gasteiger partial charge >= 0.3 is 5.69 Å². The molecule has 2 aromatic rings. The second-order valence-electron chi connectivity index (χ2n) is 5.24. The minimum atomic E-state index is -0.701. The Labute approximate surface area is 138 Å². The fourth-order valence-electron chi connectivity index (χ4n) is 2.20. The first-order valence-electron chi connectivity index (χ1n) is 7.57. The first-order valence-corrected chi connectivity index (χ1v) is 7.57. The summed E-state index contributed by atoms with van der Waals surface area (Å²) >= 11 is 0. The summed E-state index contributed by atoms with van der Waals surface area (Å²) in [5.41, 5.74) is 4.62. The van der Waals surface area contributed by atoms with Crippen molar-refractivity contribution in [1.82, 2.24) is 9.55 Å². The summed E-state index contributed by atoms with van der Waals surface area (Å²) in [4.78, 5) is 39.5.